The number of hydrogen-bond acceptors (Lipinski definition) is 4. The van der Waals surface area contributed by atoms with Crippen molar-refractivity contribution < 1.29 is 8.42 Å². The molecule has 0 unspecified atom stereocenters. The Balaban J connectivity index is 2.38. The Hall–Kier alpha value is -1.31. The number of nitrogen functional groups attached to an aromatic ring is 1. The highest BCUT2D eigenvalue weighted by Crippen LogP contribution is 2.25. The van der Waals surface area contributed by atoms with Crippen molar-refractivity contribution in [3.63, 3.8) is 0 Å². The molecule has 0 amide bonds. The van der Waals surface area contributed by atoms with E-state index in [0.717, 1.165) is 0 Å². The highest BCUT2D eigenvalue weighted by atomic mass is 79.9. The van der Waals surface area contributed by atoms with Gasteiger partial charge in [-0.25, -0.2) is 13.4 Å². The van der Waals surface area contributed by atoms with Crippen LogP contribution in [0.5, 0.6) is 0 Å². The number of sulfonamides is 1. The van der Waals surface area contributed by atoms with Gasteiger partial charge in [-0.3, -0.25) is 4.72 Å². The van der Waals surface area contributed by atoms with Crippen LogP contribution in [0.4, 0.5) is 11.5 Å². The summed E-state index contributed by atoms with van der Waals surface area (Å²) in [6.07, 6.45) is 1.44. The second kappa shape index (κ2) is 5.36. The fourth-order valence-electron chi connectivity index (χ4n) is 1.34. The van der Waals surface area contributed by atoms with E-state index in [1.54, 1.807) is 18.2 Å². The van der Waals surface area contributed by atoms with Crippen molar-refractivity contribution >= 4 is 49.1 Å². The summed E-state index contributed by atoms with van der Waals surface area (Å²) in [7, 11) is -3.77. The summed E-state index contributed by atoms with van der Waals surface area (Å²) in [4.78, 5) is 3.90. The Morgan fingerprint density at radius 3 is 2.68 bits per heavy atom. The first-order valence-electron chi connectivity index (χ1n) is 5.08. The molecule has 3 N–H and O–H groups in total. The minimum Gasteiger partial charge on any atom is -0.398 e. The number of rotatable bonds is 3. The van der Waals surface area contributed by atoms with Gasteiger partial charge in [0.05, 0.1) is 9.92 Å². The van der Waals surface area contributed by atoms with Gasteiger partial charge in [-0.15, -0.1) is 0 Å². The fraction of sp³-hybridized carbons (Fsp3) is 0. The smallest absolute Gasteiger partial charge is 0.263 e. The van der Waals surface area contributed by atoms with E-state index in [9.17, 15) is 8.42 Å². The first-order valence-corrected chi connectivity index (χ1v) is 7.74. The molecule has 2 aromatic rings. The third kappa shape index (κ3) is 3.17. The molecule has 0 atom stereocenters. The van der Waals surface area contributed by atoms with Crippen molar-refractivity contribution in [3.8, 4) is 0 Å². The van der Waals surface area contributed by atoms with Gasteiger partial charge < -0.3 is 5.73 Å². The zero-order valence-electron chi connectivity index (χ0n) is 9.47. The van der Waals surface area contributed by atoms with Crippen molar-refractivity contribution in [1.82, 2.24) is 4.98 Å². The lowest BCUT2D eigenvalue weighted by Gasteiger charge is -2.09. The molecule has 100 valence electrons. The van der Waals surface area contributed by atoms with Crippen molar-refractivity contribution in [1.29, 1.82) is 0 Å². The fourth-order valence-corrected chi connectivity index (χ4v) is 2.87. The molecule has 0 saturated heterocycles. The van der Waals surface area contributed by atoms with Crippen molar-refractivity contribution in [2.45, 2.75) is 4.90 Å². The Kier molecular flexibility index (Phi) is 3.98. The van der Waals surface area contributed by atoms with Crippen LogP contribution in [0.3, 0.4) is 0 Å². The predicted octanol–water partition coefficient (Wildman–Crippen LogP) is 2.88. The SMILES string of the molecule is Nc1cc(S(=O)(=O)Nc2ncccc2Cl)ccc1Br. The molecule has 19 heavy (non-hydrogen) atoms. The first-order chi connectivity index (χ1) is 8.90. The van der Waals surface area contributed by atoms with Gasteiger partial charge in [-0.1, -0.05) is 11.6 Å². The summed E-state index contributed by atoms with van der Waals surface area (Å²) in [5.74, 6) is 0.0747. The van der Waals surface area contributed by atoms with E-state index in [0.29, 0.717) is 10.2 Å². The van der Waals surface area contributed by atoms with Gasteiger partial charge in [-0.05, 0) is 46.3 Å². The lowest BCUT2D eigenvalue weighted by molar-refractivity contribution is 0.601. The molecule has 0 aliphatic rings. The number of nitrogens with zero attached hydrogens (tertiary/aromatic N) is 1. The third-order valence-electron chi connectivity index (χ3n) is 2.27. The van der Waals surface area contributed by atoms with Crippen LogP contribution in [0.15, 0.2) is 45.9 Å². The van der Waals surface area contributed by atoms with E-state index in [2.05, 4.69) is 25.6 Å². The minimum absolute atomic E-state index is 0.0370. The van der Waals surface area contributed by atoms with Gasteiger partial charge in [0.15, 0.2) is 5.82 Å². The lowest BCUT2D eigenvalue weighted by Crippen LogP contribution is -2.14. The molecule has 1 aromatic carbocycles. The van der Waals surface area contributed by atoms with Crippen LogP contribution in [0.1, 0.15) is 0 Å². The maximum Gasteiger partial charge on any atom is 0.263 e. The highest BCUT2D eigenvalue weighted by molar-refractivity contribution is 9.10. The van der Waals surface area contributed by atoms with Gasteiger partial charge in [0.25, 0.3) is 10.0 Å². The van der Waals surface area contributed by atoms with Gasteiger partial charge in [0.1, 0.15) is 0 Å². The van der Waals surface area contributed by atoms with E-state index < -0.39 is 10.0 Å². The maximum atomic E-state index is 12.1. The zero-order valence-corrected chi connectivity index (χ0v) is 12.6. The van der Waals surface area contributed by atoms with Gasteiger partial charge in [0, 0.05) is 16.4 Å². The quantitative estimate of drug-likeness (QED) is 0.822. The van der Waals surface area contributed by atoms with E-state index in [-0.39, 0.29) is 15.7 Å². The Morgan fingerprint density at radius 2 is 2.05 bits per heavy atom. The molecule has 0 saturated carbocycles. The van der Waals surface area contributed by atoms with Crippen LogP contribution < -0.4 is 10.5 Å². The van der Waals surface area contributed by atoms with Gasteiger partial charge in [-0.2, -0.15) is 0 Å². The van der Waals surface area contributed by atoms with Crippen LogP contribution in [0, 0.1) is 0 Å². The number of hydrogen-bond donors (Lipinski definition) is 2. The van der Waals surface area contributed by atoms with Crippen LogP contribution >= 0.6 is 27.5 Å². The molecule has 2 rings (SSSR count). The summed E-state index contributed by atoms with van der Waals surface area (Å²) in [6, 6.07) is 7.49. The first kappa shape index (κ1) is 14.1. The average Bonchev–Trinajstić information content (AvgIpc) is 2.35. The highest BCUT2D eigenvalue weighted by Gasteiger charge is 2.17. The number of nitrogens with one attached hydrogen (secondary N) is 1. The van der Waals surface area contributed by atoms with Crippen LogP contribution in [0.2, 0.25) is 5.02 Å². The molecule has 0 aliphatic carbocycles. The second-order valence-corrected chi connectivity index (χ2v) is 6.57. The number of pyridine rings is 1. The molecular formula is C11H9BrClN3O2S. The topological polar surface area (TPSA) is 85.1 Å². The third-order valence-corrected chi connectivity index (χ3v) is 4.63. The Bertz CT molecular complexity index is 722. The molecule has 0 spiro atoms. The molecule has 8 heteroatoms. The molecule has 1 aromatic heterocycles. The van der Waals surface area contributed by atoms with Gasteiger partial charge >= 0.3 is 0 Å². The summed E-state index contributed by atoms with van der Waals surface area (Å²) in [5.41, 5.74) is 5.99. The van der Waals surface area contributed by atoms with Crippen molar-refractivity contribution in [3.05, 3.63) is 46.0 Å². The summed E-state index contributed by atoms with van der Waals surface area (Å²) >= 11 is 9.05. The van der Waals surface area contributed by atoms with Crippen molar-refractivity contribution in [2.24, 2.45) is 0 Å². The molecule has 0 aliphatic heterocycles. The predicted molar refractivity (Wildman–Crippen MR) is 78.6 cm³/mol. The van der Waals surface area contributed by atoms with E-state index in [1.807, 2.05) is 0 Å². The standard InChI is InChI=1S/C11H9BrClN3O2S/c12-8-4-3-7(6-10(8)14)19(17,18)16-11-9(13)2-1-5-15-11/h1-6H,14H2,(H,15,16). The number of aromatic nitrogens is 1. The van der Waals surface area contributed by atoms with Crippen LogP contribution in [-0.2, 0) is 10.0 Å². The maximum absolute atomic E-state index is 12.1. The van der Waals surface area contributed by atoms with Crippen LogP contribution in [-0.4, -0.2) is 13.4 Å². The Labute approximate surface area is 124 Å². The molecule has 0 bridgehead atoms. The second-order valence-electron chi connectivity index (χ2n) is 3.62. The molecule has 1 heterocycles. The number of halogens is 2. The average molecular weight is 363 g/mol. The van der Waals surface area contributed by atoms with Gasteiger partial charge in [0.2, 0.25) is 0 Å². The number of benzene rings is 1. The number of anilines is 2. The van der Waals surface area contributed by atoms with E-state index >= 15 is 0 Å². The van der Waals surface area contributed by atoms with Crippen LogP contribution in [0.25, 0.3) is 0 Å². The molecule has 0 fully saturated rings. The monoisotopic (exact) mass is 361 g/mol. The minimum atomic E-state index is -3.77. The number of nitrogens with two attached hydrogens (primary N) is 1. The molecule has 5 nitrogen and oxygen atoms in total. The summed E-state index contributed by atoms with van der Waals surface area (Å²) < 4.78 is 27.2. The Morgan fingerprint density at radius 1 is 1.32 bits per heavy atom. The van der Waals surface area contributed by atoms with Crippen molar-refractivity contribution in [2.75, 3.05) is 10.5 Å². The van der Waals surface area contributed by atoms with E-state index in [1.165, 1.54) is 18.3 Å². The summed E-state index contributed by atoms with van der Waals surface area (Å²) in [6.45, 7) is 0. The largest absolute Gasteiger partial charge is 0.398 e. The zero-order chi connectivity index (χ0) is 14.0. The molecule has 0 radical (unpaired) electrons. The molecular weight excluding hydrogens is 354 g/mol. The normalized spacial score (nSPS) is 11.3. The lowest BCUT2D eigenvalue weighted by atomic mass is 10.3. The van der Waals surface area contributed by atoms with E-state index in [4.69, 9.17) is 17.3 Å². The summed E-state index contributed by atoms with van der Waals surface area (Å²) in [5, 5.41) is 0.219.